The number of anilines is 1. The molecule has 0 saturated heterocycles. The van der Waals surface area contributed by atoms with Crippen LogP contribution >= 0.6 is 15.9 Å². The lowest BCUT2D eigenvalue weighted by Gasteiger charge is -2.21. The molecular weight excluding hydrogens is 344 g/mol. The van der Waals surface area contributed by atoms with E-state index in [1.807, 2.05) is 0 Å². The van der Waals surface area contributed by atoms with Crippen molar-refractivity contribution in [1.82, 2.24) is 4.31 Å². The Hall–Kier alpha value is -0.920. The Morgan fingerprint density at radius 1 is 1.35 bits per heavy atom. The maximum Gasteiger partial charge on any atom is 0.243 e. The molecule has 1 N–H and O–H groups in total. The van der Waals surface area contributed by atoms with Gasteiger partial charge in [0.05, 0.1) is 4.90 Å². The highest BCUT2D eigenvalue weighted by Gasteiger charge is 2.37. The summed E-state index contributed by atoms with van der Waals surface area (Å²) in [7, 11) is -3.45. The van der Waals surface area contributed by atoms with Crippen LogP contribution in [-0.4, -0.2) is 36.5 Å². The molecular formula is C13H17BrN2O3S. The van der Waals surface area contributed by atoms with Crippen LogP contribution < -0.4 is 5.32 Å². The monoisotopic (exact) mass is 360 g/mol. The minimum Gasteiger partial charge on any atom is -0.326 e. The van der Waals surface area contributed by atoms with Crippen LogP contribution in [0.15, 0.2) is 29.2 Å². The van der Waals surface area contributed by atoms with Gasteiger partial charge in [0.1, 0.15) is 0 Å². The van der Waals surface area contributed by atoms with Crippen molar-refractivity contribution in [2.45, 2.75) is 30.7 Å². The Morgan fingerprint density at radius 2 is 1.95 bits per heavy atom. The summed E-state index contributed by atoms with van der Waals surface area (Å²) in [6.07, 6.45) is 1.85. The fraction of sp³-hybridized carbons (Fsp3) is 0.462. The summed E-state index contributed by atoms with van der Waals surface area (Å²) in [5, 5.41) is 3.24. The average molecular weight is 361 g/mol. The number of amides is 1. The van der Waals surface area contributed by atoms with Crippen LogP contribution in [0, 0.1) is 0 Å². The molecule has 0 bridgehead atoms. The summed E-state index contributed by atoms with van der Waals surface area (Å²) in [6, 6.07) is 6.41. The number of benzene rings is 1. The number of carbonyl (C=O) groups is 1. The normalized spacial score (nSPS) is 15.3. The first kappa shape index (κ1) is 15.5. The lowest BCUT2D eigenvalue weighted by Crippen LogP contribution is -2.34. The standard InChI is InChI=1S/C13H17BrN2O3S/c1-10(17)15-11-2-6-13(7-3-11)20(18,19)16(9-8-14)12-4-5-12/h2-3,6-7,12H,4-5,8-9H2,1H3,(H,15,17). The first-order valence-corrected chi connectivity index (χ1v) is 8.97. The van der Waals surface area contributed by atoms with Gasteiger partial charge in [0.15, 0.2) is 0 Å². The number of hydrogen-bond donors (Lipinski definition) is 1. The van der Waals surface area contributed by atoms with Crippen molar-refractivity contribution in [3.63, 3.8) is 0 Å². The van der Waals surface area contributed by atoms with Gasteiger partial charge < -0.3 is 5.32 Å². The van der Waals surface area contributed by atoms with Crippen LogP contribution in [0.25, 0.3) is 0 Å². The molecule has 0 atom stereocenters. The lowest BCUT2D eigenvalue weighted by molar-refractivity contribution is -0.114. The van der Waals surface area contributed by atoms with E-state index in [4.69, 9.17) is 0 Å². The molecule has 1 aliphatic carbocycles. The second kappa shape index (κ2) is 6.24. The summed E-state index contributed by atoms with van der Waals surface area (Å²) < 4.78 is 26.7. The molecule has 7 heteroatoms. The fourth-order valence-electron chi connectivity index (χ4n) is 1.99. The van der Waals surface area contributed by atoms with Gasteiger partial charge in [-0.2, -0.15) is 4.31 Å². The zero-order chi connectivity index (χ0) is 14.8. The van der Waals surface area contributed by atoms with Crippen LogP contribution in [0.3, 0.4) is 0 Å². The van der Waals surface area contributed by atoms with E-state index in [1.165, 1.54) is 19.1 Å². The van der Waals surface area contributed by atoms with Gasteiger partial charge in [0.2, 0.25) is 15.9 Å². The third-order valence-electron chi connectivity index (χ3n) is 3.04. The SMILES string of the molecule is CC(=O)Nc1ccc(S(=O)(=O)N(CCBr)C2CC2)cc1. The molecule has 1 aromatic carbocycles. The van der Waals surface area contributed by atoms with Crippen molar-refractivity contribution in [3.05, 3.63) is 24.3 Å². The second-order valence-corrected chi connectivity index (χ2v) is 7.43. The van der Waals surface area contributed by atoms with E-state index < -0.39 is 10.0 Å². The van der Waals surface area contributed by atoms with E-state index in [2.05, 4.69) is 21.2 Å². The number of carbonyl (C=O) groups excluding carboxylic acids is 1. The third kappa shape index (κ3) is 3.59. The van der Waals surface area contributed by atoms with Crippen LogP contribution in [0.1, 0.15) is 19.8 Å². The summed E-state index contributed by atoms with van der Waals surface area (Å²) in [6.45, 7) is 1.88. The minimum absolute atomic E-state index is 0.132. The van der Waals surface area contributed by atoms with E-state index in [0.29, 0.717) is 17.6 Å². The fourth-order valence-corrected chi connectivity index (χ4v) is 4.30. The number of alkyl halides is 1. The number of nitrogens with zero attached hydrogens (tertiary/aromatic N) is 1. The number of halogens is 1. The van der Waals surface area contributed by atoms with Crippen molar-refractivity contribution in [2.24, 2.45) is 0 Å². The molecule has 0 heterocycles. The van der Waals surface area contributed by atoms with Crippen LogP contribution in [-0.2, 0) is 14.8 Å². The smallest absolute Gasteiger partial charge is 0.243 e. The predicted octanol–water partition coefficient (Wildman–Crippen LogP) is 2.19. The predicted molar refractivity (Wildman–Crippen MR) is 81.5 cm³/mol. The highest BCUT2D eigenvalue weighted by molar-refractivity contribution is 9.09. The Bertz CT molecular complexity index is 582. The quantitative estimate of drug-likeness (QED) is 0.790. The number of hydrogen-bond acceptors (Lipinski definition) is 3. The van der Waals surface area contributed by atoms with Gasteiger partial charge in [-0.15, -0.1) is 0 Å². The molecule has 2 rings (SSSR count). The highest BCUT2D eigenvalue weighted by Crippen LogP contribution is 2.32. The first-order valence-electron chi connectivity index (χ1n) is 6.40. The molecule has 5 nitrogen and oxygen atoms in total. The van der Waals surface area contributed by atoms with E-state index in [-0.39, 0.29) is 16.8 Å². The van der Waals surface area contributed by atoms with Crippen LogP contribution in [0.5, 0.6) is 0 Å². The molecule has 0 unspecified atom stereocenters. The van der Waals surface area contributed by atoms with Gasteiger partial charge in [-0.1, -0.05) is 15.9 Å². The molecule has 1 saturated carbocycles. The molecule has 110 valence electrons. The van der Waals surface area contributed by atoms with Gasteiger partial charge in [-0.05, 0) is 37.1 Å². The molecule has 0 aliphatic heterocycles. The molecule has 1 fully saturated rings. The zero-order valence-corrected chi connectivity index (χ0v) is 13.6. The van der Waals surface area contributed by atoms with Crippen molar-refractivity contribution in [1.29, 1.82) is 0 Å². The molecule has 1 amide bonds. The maximum atomic E-state index is 12.6. The van der Waals surface area contributed by atoms with Gasteiger partial charge in [0.25, 0.3) is 0 Å². The Labute approximate surface area is 127 Å². The second-order valence-electron chi connectivity index (χ2n) is 4.74. The summed E-state index contributed by atoms with van der Waals surface area (Å²) in [5.74, 6) is -0.181. The van der Waals surface area contributed by atoms with Gasteiger partial charge in [-0.25, -0.2) is 8.42 Å². The maximum absolute atomic E-state index is 12.6. The van der Waals surface area contributed by atoms with Crippen LogP contribution in [0.4, 0.5) is 5.69 Å². The van der Waals surface area contributed by atoms with Gasteiger partial charge in [-0.3, -0.25) is 4.79 Å². The third-order valence-corrected chi connectivity index (χ3v) is 5.36. The summed E-state index contributed by atoms with van der Waals surface area (Å²) in [4.78, 5) is 11.2. The van der Waals surface area contributed by atoms with E-state index in [9.17, 15) is 13.2 Å². The van der Waals surface area contributed by atoms with E-state index >= 15 is 0 Å². The van der Waals surface area contributed by atoms with E-state index in [0.717, 1.165) is 12.8 Å². The van der Waals surface area contributed by atoms with Crippen molar-refractivity contribution < 1.29 is 13.2 Å². The van der Waals surface area contributed by atoms with E-state index in [1.54, 1.807) is 16.4 Å². The Balaban J connectivity index is 2.22. The molecule has 20 heavy (non-hydrogen) atoms. The highest BCUT2D eigenvalue weighted by atomic mass is 79.9. The molecule has 0 aromatic heterocycles. The Morgan fingerprint density at radius 3 is 2.40 bits per heavy atom. The zero-order valence-electron chi connectivity index (χ0n) is 11.2. The number of rotatable bonds is 6. The summed E-state index contributed by atoms with van der Waals surface area (Å²) in [5.41, 5.74) is 0.593. The van der Waals surface area contributed by atoms with Crippen molar-refractivity contribution in [2.75, 3.05) is 17.2 Å². The summed E-state index contributed by atoms with van der Waals surface area (Å²) >= 11 is 3.30. The molecule has 0 spiro atoms. The molecule has 0 radical (unpaired) electrons. The Kier molecular flexibility index (Phi) is 4.82. The minimum atomic E-state index is -3.45. The van der Waals surface area contributed by atoms with Crippen molar-refractivity contribution >= 4 is 37.5 Å². The first-order chi connectivity index (χ1) is 9.45. The lowest BCUT2D eigenvalue weighted by atomic mass is 10.3. The van der Waals surface area contributed by atoms with Crippen LogP contribution in [0.2, 0.25) is 0 Å². The largest absolute Gasteiger partial charge is 0.326 e. The average Bonchev–Trinajstić information content (AvgIpc) is 3.20. The number of nitrogens with one attached hydrogen (secondary N) is 1. The van der Waals surface area contributed by atoms with Crippen molar-refractivity contribution in [3.8, 4) is 0 Å². The molecule has 1 aliphatic rings. The van der Waals surface area contributed by atoms with Gasteiger partial charge >= 0.3 is 0 Å². The molecule has 1 aromatic rings. The number of sulfonamides is 1. The topological polar surface area (TPSA) is 66.5 Å². The van der Waals surface area contributed by atoms with Gasteiger partial charge in [0, 0.05) is 30.5 Å².